The average molecular weight is 256 g/mol. The standard InChI is InChI=1S/C14H19ClFN/c1-9(2)12-7-10(8-13(15)14(12)16)6-11-4-3-5-17-11/h7-9,11,17H,3-6H2,1-2H3. The molecule has 1 aliphatic heterocycles. The van der Waals surface area contributed by atoms with Gasteiger partial charge in [0, 0.05) is 6.04 Å². The molecule has 1 fully saturated rings. The van der Waals surface area contributed by atoms with Crippen molar-refractivity contribution in [1.82, 2.24) is 5.32 Å². The Labute approximate surface area is 107 Å². The Morgan fingerprint density at radius 2 is 2.24 bits per heavy atom. The van der Waals surface area contributed by atoms with Crippen molar-refractivity contribution in [3.63, 3.8) is 0 Å². The van der Waals surface area contributed by atoms with E-state index in [9.17, 15) is 4.39 Å². The van der Waals surface area contributed by atoms with Crippen molar-refractivity contribution < 1.29 is 4.39 Å². The van der Waals surface area contributed by atoms with E-state index < -0.39 is 0 Å². The third kappa shape index (κ3) is 2.99. The van der Waals surface area contributed by atoms with Crippen LogP contribution in [-0.2, 0) is 6.42 Å². The monoisotopic (exact) mass is 255 g/mol. The molecule has 2 rings (SSSR count). The second kappa shape index (κ2) is 5.36. The van der Waals surface area contributed by atoms with Crippen LogP contribution in [0.2, 0.25) is 5.02 Å². The van der Waals surface area contributed by atoms with Gasteiger partial charge in [0.2, 0.25) is 0 Å². The van der Waals surface area contributed by atoms with E-state index in [0.717, 1.165) is 24.1 Å². The van der Waals surface area contributed by atoms with E-state index in [1.54, 1.807) is 6.07 Å². The van der Waals surface area contributed by atoms with Gasteiger partial charge in [0.25, 0.3) is 0 Å². The molecule has 0 saturated carbocycles. The van der Waals surface area contributed by atoms with Crippen LogP contribution in [0.25, 0.3) is 0 Å². The molecule has 1 atom stereocenters. The van der Waals surface area contributed by atoms with Crippen LogP contribution in [0.4, 0.5) is 4.39 Å². The highest BCUT2D eigenvalue weighted by Gasteiger charge is 2.17. The molecule has 94 valence electrons. The largest absolute Gasteiger partial charge is 0.314 e. The molecule has 1 aromatic rings. The molecule has 0 aliphatic carbocycles. The summed E-state index contributed by atoms with van der Waals surface area (Å²) < 4.78 is 13.8. The minimum Gasteiger partial charge on any atom is -0.314 e. The number of halogens is 2. The smallest absolute Gasteiger partial charge is 0.145 e. The average Bonchev–Trinajstić information content (AvgIpc) is 2.75. The van der Waals surface area contributed by atoms with Crippen LogP contribution in [-0.4, -0.2) is 12.6 Å². The highest BCUT2D eigenvalue weighted by atomic mass is 35.5. The molecule has 0 radical (unpaired) electrons. The van der Waals surface area contributed by atoms with Crippen molar-refractivity contribution >= 4 is 11.6 Å². The summed E-state index contributed by atoms with van der Waals surface area (Å²) in [5, 5.41) is 3.70. The van der Waals surface area contributed by atoms with Gasteiger partial charge in [0.05, 0.1) is 5.02 Å². The number of hydrogen-bond donors (Lipinski definition) is 1. The van der Waals surface area contributed by atoms with Crippen LogP contribution in [0.3, 0.4) is 0 Å². The Bertz CT molecular complexity index is 397. The van der Waals surface area contributed by atoms with Gasteiger partial charge in [-0.3, -0.25) is 0 Å². The summed E-state index contributed by atoms with van der Waals surface area (Å²) in [7, 11) is 0. The fourth-order valence-electron chi connectivity index (χ4n) is 2.42. The summed E-state index contributed by atoms with van der Waals surface area (Å²) in [6.07, 6.45) is 3.38. The normalized spacial score (nSPS) is 20.2. The lowest BCUT2D eigenvalue weighted by Gasteiger charge is -2.14. The third-order valence-corrected chi connectivity index (χ3v) is 3.66. The molecule has 0 aromatic heterocycles. The minimum absolute atomic E-state index is 0.170. The molecule has 17 heavy (non-hydrogen) atoms. The Morgan fingerprint density at radius 3 is 2.82 bits per heavy atom. The molecule has 0 bridgehead atoms. The quantitative estimate of drug-likeness (QED) is 0.864. The lowest BCUT2D eigenvalue weighted by Crippen LogP contribution is -2.23. The topological polar surface area (TPSA) is 12.0 Å². The first-order chi connectivity index (χ1) is 8.08. The number of hydrogen-bond acceptors (Lipinski definition) is 1. The summed E-state index contributed by atoms with van der Waals surface area (Å²) >= 11 is 5.95. The molecule has 1 nitrogen and oxygen atoms in total. The molecule has 1 aliphatic rings. The van der Waals surface area contributed by atoms with E-state index in [4.69, 9.17) is 11.6 Å². The van der Waals surface area contributed by atoms with Crippen LogP contribution in [0.15, 0.2) is 12.1 Å². The van der Waals surface area contributed by atoms with Gasteiger partial charge in [-0.05, 0) is 48.9 Å². The molecule has 3 heteroatoms. The summed E-state index contributed by atoms with van der Waals surface area (Å²) in [5.74, 6) is -0.0891. The highest BCUT2D eigenvalue weighted by molar-refractivity contribution is 6.30. The highest BCUT2D eigenvalue weighted by Crippen LogP contribution is 2.27. The lowest BCUT2D eigenvalue weighted by atomic mass is 9.96. The van der Waals surface area contributed by atoms with Crippen molar-refractivity contribution in [2.75, 3.05) is 6.54 Å². The maximum Gasteiger partial charge on any atom is 0.145 e. The van der Waals surface area contributed by atoms with Gasteiger partial charge in [-0.15, -0.1) is 0 Å². The minimum atomic E-state index is -0.259. The Morgan fingerprint density at radius 1 is 1.47 bits per heavy atom. The first-order valence-electron chi connectivity index (χ1n) is 6.29. The zero-order valence-electron chi connectivity index (χ0n) is 10.4. The van der Waals surface area contributed by atoms with Crippen LogP contribution < -0.4 is 5.32 Å². The van der Waals surface area contributed by atoms with E-state index >= 15 is 0 Å². The molecule has 0 spiro atoms. The van der Waals surface area contributed by atoms with Crippen LogP contribution in [0.1, 0.15) is 43.7 Å². The lowest BCUT2D eigenvalue weighted by molar-refractivity contribution is 0.586. The molecular weight excluding hydrogens is 237 g/mol. The number of rotatable bonds is 3. The first-order valence-corrected chi connectivity index (χ1v) is 6.67. The maximum absolute atomic E-state index is 13.8. The summed E-state index contributed by atoms with van der Waals surface area (Å²) in [6, 6.07) is 4.26. The van der Waals surface area contributed by atoms with Gasteiger partial charge in [-0.1, -0.05) is 31.5 Å². The van der Waals surface area contributed by atoms with Crippen LogP contribution >= 0.6 is 11.6 Å². The molecule has 1 heterocycles. The van der Waals surface area contributed by atoms with Gasteiger partial charge < -0.3 is 5.32 Å². The van der Waals surface area contributed by atoms with Gasteiger partial charge >= 0.3 is 0 Å². The zero-order chi connectivity index (χ0) is 12.4. The Kier molecular flexibility index (Phi) is 4.05. The molecular formula is C14H19ClFN. The number of nitrogens with one attached hydrogen (secondary N) is 1. The third-order valence-electron chi connectivity index (χ3n) is 3.38. The Balaban J connectivity index is 2.22. The summed E-state index contributed by atoms with van der Waals surface area (Å²) in [6.45, 7) is 5.08. The zero-order valence-corrected chi connectivity index (χ0v) is 11.1. The summed E-state index contributed by atoms with van der Waals surface area (Å²) in [4.78, 5) is 0. The Hall–Kier alpha value is -0.600. The van der Waals surface area contributed by atoms with E-state index in [0.29, 0.717) is 6.04 Å². The van der Waals surface area contributed by atoms with Gasteiger partial charge in [-0.25, -0.2) is 4.39 Å². The molecule has 0 amide bonds. The van der Waals surface area contributed by atoms with E-state index in [1.807, 2.05) is 19.9 Å². The molecule has 1 N–H and O–H groups in total. The van der Waals surface area contributed by atoms with Crippen molar-refractivity contribution in [2.45, 2.75) is 45.1 Å². The second-order valence-electron chi connectivity index (χ2n) is 5.13. The number of benzene rings is 1. The van der Waals surface area contributed by atoms with Gasteiger partial charge in [0.15, 0.2) is 0 Å². The van der Waals surface area contributed by atoms with Crippen molar-refractivity contribution in [1.29, 1.82) is 0 Å². The fourth-order valence-corrected chi connectivity index (χ4v) is 2.67. The maximum atomic E-state index is 13.8. The predicted octanol–water partition coefficient (Wildman–Crippen LogP) is 3.90. The predicted molar refractivity (Wildman–Crippen MR) is 70.2 cm³/mol. The summed E-state index contributed by atoms with van der Waals surface area (Å²) in [5.41, 5.74) is 1.87. The first kappa shape index (κ1) is 12.8. The van der Waals surface area contributed by atoms with E-state index in [-0.39, 0.29) is 16.8 Å². The van der Waals surface area contributed by atoms with Crippen molar-refractivity contribution in [3.8, 4) is 0 Å². The van der Waals surface area contributed by atoms with Crippen molar-refractivity contribution in [3.05, 3.63) is 34.1 Å². The molecule has 1 aromatic carbocycles. The van der Waals surface area contributed by atoms with Gasteiger partial charge in [0.1, 0.15) is 5.82 Å². The SMILES string of the molecule is CC(C)c1cc(CC2CCCN2)cc(Cl)c1F. The van der Waals surface area contributed by atoms with Gasteiger partial charge in [-0.2, -0.15) is 0 Å². The van der Waals surface area contributed by atoms with Crippen LogP contribution in [0, 0.1) is 5.82 Å². The van der Waals surface area contributed by atoms with E-state index in [2.05, 4.69) is 5.32 Å². The molecule has 1 unspecified atom stereocenters. The van der Waals surface area contributed by atoms with Crippen molar-refractivity contribution in [2.24, 2.45) is 0 Å². The van der Waals surface area contributed by atoms with E-state index in [1.165, 1.54) is 12.8 Å². The van der Waals surface area contributed by atoms with Crippen LogP contribution in [0.5, 0.6) is 0 Å². The fraction of sp³-hybridized carbons (Fsp3) is 0.571. The molecule has 1 saturated heterocycles. The second-order valence-corrected chi connectivity index (χ2v) is 5.54.